The van der Waals surface area contributed by atoms with E-state index in [4.69, 9.17) is 91.1 Å². The van der Waals surface area contributed by atoms with Crippen LogP contribution in [0.2, 0.25) is 0 Å². The van der Waals surface area contributed by atoms with Gasteiger partial charge in [0.05, 0.1) is 20.2 Å². The van der Waals surface area contributed by atoms with Crippen molar-refractivity contribution in [2.45, 2.75) is 0 Å². The summed E-state index contributed by atoms with van der Waals surface area (Å²) in [5, 5.41) is 0. The zero-order valence-electron chi connectivity index (χ0n) is 35.6. The number of hydrogen-bond donors (Lipinski definition) is 0. The van der Waals surface area contributed by atoms with Crippen molar-refractivity contribution in [3.63, 3.8) is 0 Å². The van der Waals surface area contributed by atoms with E-state index in [0.29, 0.717) is 59.2 Å². The molecule has 5 aliphatic rings. The van der Waals surface area contributed by atoms with Crippen molar-refractivity contribution >= 4 is 88.1 Å². The van der Waals surface area contributed by atoms with Crippen LogP contribution in [-0.4, -0.2) is 110 Å². The van der Waals surface area contributed by atoms with Crippen molar-refractivity contribution < 1.29 is 186 Å². The van der Waals surface area contributed by atoms with Crippen LogP contribution in [-0.2, 0) is 58.5 Å². The first-order chi connectivity index (χ1) is 27.3. The van der Waals surface area contributed by atoms with Gasteiger partial charge >= 0.3 is 139 Å². The molecule has 9 rings (SSSR count). The molecule has 0 saturated carbocycles. The molecule has 20 nitrogen and oxygen atoms in total. The first-order valence-electron chi connectivity index (χ1n) is 15.7. The number of nitrogens with zero attached hydrogens (tertiary/aromatic N) is 8. The Labute approximate surface area is 477 Å². The molecular formula is C36H28CuN8Na4O12S4. The molecule has 323 valence electrons. The Morgan fingerprint density at radius 2 is 0.415 bits per heavy atom. The van der Waals surface area contributed by atoms with Crippen molar-refractivity contribution in [3.05, 3.63) is 156 Å². The van der Waals surface area contributed by atoms with Gasteiger partial charge in [0, 0.05) is 74.1 Å². The van der Waals surface area contributed by atoms with E-state index in [1.165, 1.54) is 0 Å². The molecule has 0 spiro atoms. The van der Waals surface area contributed by atoms with Crippen LogP contribution in [0.25, 0.3) is 0 Å². The molecular weight excluding hydrogens is 1020 g/mol. The first-order valence-corrected chi connectivity index (χ1v) is 21.3. The predicted octanol–water partition coefficient (Wildman–Crippen LogP) is -9.94. The molecule has 0 unspecified atom stereocenters. The first kappa shape index (κ1) is 67.1. The van der Waals surface area contributed by atoms with Gasteiger partial charge in [-0.1, -0.05) is 97.1 Å². The normalized spacial score (nSPS) is 13.1. The van der Waals surface area contributed by atoms with Crippen LogP contribution in [0.4, 0.5) is 0 Å². The topological polar surface area (TPSA) is 316 Å². The molecule has 1 radical (unpaired) electrons. The summed E-state index contributed by atoms with van der Waals surface area (Å²) in [5.74, 6) is 4.42. The minimum Gasteiger partial charge on any atom is -0.748 e. The third-order valence-corrected chi connectivity index (χ3v) is 7.33. The third-order valence-electron chi connectivity index (χ3n) is 7.33. The minimum absolute atomic E-state index is 0. The van der Waals surface area contributed by atoms with Gasteiger partial charge in [0.15, 0.2) is 46.7 Å². The van der Waals surface area contributed by atoms with Gasteiger partial charge in [-0.05, 0) is 0 Å². The predicted molar refractivity (Wildman–Crippen MR) is 222 cm³/mol. The second-order valence-corrected chi connectivity index (χ2v) is 15.1. The summed E-state index contributed by atoms with van der Waals surface area (Å²) in [6.07, 6.45) is 1.21. The molecule has 5 heterocycles. The molecule has 4 aromatic rings. The SMILES string of the molecule is CS(=O)(=O)[O-].CS(=O)(=O)[O-].O=S(=O)=O.O=S(=O)=O.[CH3-].[CH3-].[Cu].[Na+].[Na+].[Na+].[Na+].c1ccc2c(c1)C1=NC2=NC2=NC(=NC3=NC(=NC4=NC(=N1)c1ccccc14)c1ccccc13)c1ccccc12. The summed E-state index contributed by atoms with van der Waals surface area (Å²) in [5.41, 5.74) is 7.15. The van der Waals surface area contributed by atoms with Crippen LogP contribution >= 0.6 is 0 Å². The Morgan fingerprint density at radius 3 is 0.492 bits per heavy atom. The van der Waals surface area contributed by atoms with Gasteiger partial charge in [-0.15, -0.1) is 25.3 Å². The van der Waals surface area contributed by atoms with Crippen LogP contribution in [0.1, 0.15) is 44.5 Å². The maximum Gasteiger partial charge on any atom is 1.00 e. The largest absolute Gasteiger partial charge is 1.00 e. The number of rotatable bonds is 0. The van der Waals surface area contributed by atoms with Crippen molar-refractivity contribution in [1.82, 2.24) is 0 Å². The summed E-state index contributed by atoms with van der Waals surface area (Å²) in [7, 11) is -14.1. The van der Waals surface area contributed by atoms with Crippen LogP contribution in [0.3, 0.4) is 0 Å². The molecule has 65 heavy (non-hydrogen) atoms. The van der Waals surface area contributed by atoms with Crippen molar-refractivity contribution in [2.75, 3.05) is 12.5 Å². The molecule has 0 saturated heterocycles. The van der Waals surface area contributed by atoms with E-state index >= 15 is 0 Å². The van der Waals surface area contributed by atoms with Gasteiger partial charge in [-0.3, -0.25) is 0 Å². The van der Waals surface area contributed by atoms with Gasteiger partial charge < -0.3 is 24.0 Å². The second kappa shape index (κ2) is 29.7. The van der Waals surface area contributed by atoms with Crippen LogP contribution in [0.15, 0.2) is 137 Å². The number of aliphatic imine (C=N–C) groups is 8. The van der Waals surface area contributed by atoms with E-state index in [2.05, 4.69) is 0 Å². The summed E-state index contributed by atoms with van der Waals surface area (Å²) in [6.45, 7) is 0. The van der Waals surface area contributed by atoms with Gasteiger partial charge in [0.25, 0.3) is 0 Å². The summed E-state index contributed by atoms with van der Waals surface area (Å²) >= 11 is 0. The zero-order valence-corrected chi connectivity index (χ0v) is 47.9. The minimum atomic E-state index is -3.92. The maximum atomic E-state index is 9.08. The van der Waals surface area contributed by atoms with E-state index < -0.39 is 41.5 Å². The van der Waals surface area contributed by atoms with Gasteiger partial charge in [-0.25, -0.2) is 56.8 Å². The monoisotopic (exact) mass is 1050 g/mol. The Hall–Kier alpha value is -2.18. The summed E-state index contributed by atoms with van der Waals surface area (Å²) < 4.78 is 105. The van der Waals surface area contributed by atoms with Crippen LogP contribution in [0, 0.1) is 14.9 Å². The van der Waals surface area contributed by atoms with Gasteiger partial charge in [0.1, 0.15) is 0 Å². The number of hydrogen-bond acceptors (Lipinski definition) is 20. The fourth-order valence-electron chi connectivity index (χ4n) is 5.46. The Bertz CT molecular complexity index is 2730. The summed E-state index contributed by atoms with van der Waals surface area (Å²) in [6, 6.07) is 31.8. The number of fused-ring (bicyclic) bond motifs is 16. The van der Waals surface area contributed by atoms with Crippen molar-refractivity contribution in [2.24, 2.45) is 39.9 Å². The quantitative estimate of drug-likeness (QED) is 0.0901. The molecule has 8 bridgehead atoms. The van der Waals surface area contributed by atoms with Crippen LogP contribution < -0.4 is 118 Å². The van der Waals surface area contributed by atoms with Gasteiger partial charge in [0.2, 0.25) is 0 Å². The average molecular weight is 1050 g/mol. The molecule has 5 aliphatic heterocycles. The average Bonchev–Trinajstić information content (AvgIpc) is 3.86. The maximum absolute atomic E-state index is 9.08. The van der Waals surface area contributed by atoms with Crippen molar-refractivity contribution in [3.8, 4) is 0 Å². The van der Waals surface area contributed by atoms with E-state index in [9.17, 15) is 0 Å². The van der Waals surface area contributed by atoms with E-state index in [-0.39, 0.29) is 150 Å². The molecule has 0 aromatic heterocycles. The smallest absolute Gasteiger partial charge is 0.748 e. The Morgan fingerprint density at radius 1 is 0.338 bits per heavy atom. The molecule has 0 atom stereocenters. The molecule has 4 aromatic carbocycles. The molecule has 0 N–H and O–H groups in total. The van der Waals surface area contributed by atoms with E-state index in [1.807, 2.05) is 97.1 Å². The van der Waals surface area contributed by atoms with Gasteiger partial charge in [-0.2, -0.15) is 0 Å². The standard InChI is InChI=1S/C32H16N8.2CH4O3S.2CH3.Cu.4Na.2O3S/c1-2-10-18-17(9-1)25-33-26(18)38-28-21-13-5-6-14-22(21)30(35-28)40-32-24-16-8-7-15-23(24)31(36-32)39-29-20-12-4-3-11-19(20)27(34-29)37-25;2*1-5(2,3)4;;;;;;;;2*1-4(2)3/h1-16H;2*1H3,(H,2,3,4);2*1H3;;;;;;;/q;;;2*-1;;4*+1;;/p-2. The Balaban J connectivity index is -0.00000133. The fraction of sp³-hybridized carbons (Fsp3) is 0.0556. The fourth-order valence-corrected chi connectivity index (χ4v) is 5.46. The summed E-state index contributed by atoms with van der Waals surface area (Å²) in [4.78, 5) is 39.3. The number of benzene rings is 4. The Kier molecular flexibility index (Phi) is 30.6. The van der Waals surface area contributed by atoms with E-state index in [1.54, 1.807) is 0 Å². The number of amidine groups is 8. The molecule has 0 amide bonds. The second-order valence-electron chi connectivity index (χ2n) is 11.5. The third kappa shape index (κ3) is 19.8. The molecule has 0 fully saturated rings. The zero-order chi connectivity index (χ0) is 42.4. The van der Waals surface area contributed by atoms with E-state index in [0.717, 1.165) is 44.5 Å². The molecule has 29 heteroatoms. The molecule has 0 aliphatic carbocycles. The van der Waals surface area contributed by atoms with Crippen molar-refractivity contribution in [1.29, 1.82) is 0 Å². The van der Waals surface area contributed by atoms with Crippen LogP contribution in [0.5, 0.6) is 0 Å².